The van der Waals surface area contributed by atoms with Crippen LogP contribution in [0, 0.1) is 13.8 Å². The van der Waals surface area contributed by atoms with Crippen molar-refractivity contribution >= 4 is 5.69 Å². The van der Waals surface area contributed by atoms with Gasteiger partial charge < -0.3 is 10.5 Å². The van der Waals surface area contributed by atoms with E-state index in [1.807, 2.05) is 19.1 Å². The van der Waals surface area contributed by atoms with Crippen molar-refractivity contribution in [2.75, 3.05) is 5.73 Å². The molecular weight excluding hydrogens is 246 g/mol. The Bertz CT molecular complexity index is 646. The molecule has 0 spiro atoms. The monoisotopic (exact) mass is 267 g/mol. The van der Waals surface area contributed by atoms with Crippen LogP contribution in [0.1, 0.15) is 34.2 Å². The molecule has 2 heteroatoms. The molecule has 0 saturated carbocycles. The number of hydrogen-bond donors (Lipinski definition) is 1. The van der Waals surface area contributed by atoms with Crippen LogP contribution in [0.25, 0.3) is 0 Å². The summed E-state index contributed by atoms with van der Waals surface area (Å²) >= 11 is 0. The summed E-state index contributed by atoms with van der Waals surface area (Å²) < 4.78 is 6.01. The Balaban J connectivity index is 1.79. The summed E-state index contributed by atoms with van der Waals surface area (Å²) in [6.07, 6.45) is 3.72. The molecule has 0 radical (unpaired) electrons. The molecule has 0 unspecified atom stereocenters. The fourth-order valence-corrected chi connectivity index (χ4v) is 2.93. The van der Waals surface area contributed by atoms with Crippen molar-refractivity contribution in [1.29, 1.82) is 0 Å². The average Bonchev–Trinajstić information content (AvgIpc) is 2.90. The molecule has 0 heterocycles. The Hall–Kier alpha value is -1.96. The van der Waals surface area contributed by atoms with Crippen LogP contribution in [0.5, 0.6) is 5.75 Å². The maximum atomic E-state index is 6.01. The number of benzene rings is 2. The number of ether oxygens (including phenoxy) is 1. The molecule has 0 aromatic heterocycles. The molecule has 1 aliphatic carbocycles. The summed E-state index contributed by atoms with van der Waals surface area (Å²) in [4.78, 5) is 0. The van der Waals surface area contributed by atoms with Gasteiger partial charge in [-0.1, -0.05) is 24.3 Å². The molecule has 0 saturated heterocycles. The Kier molecular flexibility index (Phi) is 3.39. The van der Waals surface area contributed by atoms with E-state index < -0.39 is 0 Å². The Morgan fingerprint density at radius 3 is 2.70 bits per heavy atom. The van der Waals surface area contributed by atoms with Crippen LogP contribution < -0.4 is 10.5 Å². The van der Waals surface area contributed by atoms with Crippen molar-refractivity contribution in [3.63, 3.8) is 0 Å². The second-order valence-corrected chi connectivity index (χ2v) is 5.67. The standard InChI is InChI=1S/C18H21NO/c1-12-6-9-17(19)13(2)18(12)20-11-14-7-8-15-4-3-5-16(15)10-14/h6-10H,3-5,11,19H2,1-2H3. The maximum absolute atomic E-state index is 6.01. The number of nitrogen functional groups attached to an aromatic ring is 1. The van der Waals surface area contributed by atoms with E-state index in [4.69, 9.17) is 10.5 Å². The number of rotatable bonds is 3. The predicted octanol–water partition coefficient (Wildman–Crippen LogP) is 3.95. The zero-order valence-corrected chi connectivity index (χ0v) is 12.2. The topological polar surface area (TPSA) is 35.2 Å². The van der Waals surface area contributed by atoms with Gasteiger partial charge in [0.1, 0.15) is 12.4 Å². The van der Waals surface area contributed by atoms with E-state index in [-0.39, 0.29) is 0 Å². The first-order valence-electron chi connectivity index (χ1n) is 7.24. The van der Waals surface area contributed by atoms with Crippen molar-refractivity contribution < 1.29 is 4.74 Å². The molecule has 0 aliphatic heterocycles. The van der Waals surface area contributed by atoms with Crippen LogP contribution >= 0.6 is 0 Å². The van der Waals surface area contributed by atoms with Gasteiger partial charge in [-0.05, 0) is 61.4 Å². The molecule has 2 aromatic carbocycles. The molecular formula is C18H21NO. The zero-order valence-electron chi connectivity index (χ0n) is 12.2. The molecule has 2 aromatic rings. The van der Waals surface area contributed by atoms with Gasteiger partial charge in [-0.3, -0.25) is 0 Å². The van der Waals surface area contributed by atoms with Crippen LogP contribution in [0.2, 0.25) is 0 Å². The van der Waals surface area contributed by atoms with Gasteiger partial charge in [-0.2, -0.15) is 0 Å². The number of aryl methyl sites for hydroxylation is 3. The van der Waals surface area contributed by atoms with Crippen LogP contribution in [-0.4, -0.2) is 0 Å². The van der Waals surface area contributed by atoms with Gasteiger partial charge in [-0.15, -0.1) is 0 Å². The summed E-state index contributed by atoms with van der Waals surface area (Å²) in [5.74, 6) is 0.922. The van der Waals surface area contributed by atoms with Crippen molar-refractivity contribution in [2.24, 2.45) is 0 Å². The van der Waals surface area contributed by atoms with Crippen molar-refractivity contribution in [2.45, 2.75) is 39.7 Å². The smallest absolute Gasteiger partial charge is 0.127 e. The highest BCUT2D eigenvalue weighted by molar-refractivity contribution is 5.56. The third-order valence-corrected chi connectivity index (χ3v) is 4.19. The SMILES string of the molecule is Cc1ccc(N)c(C)c1OCc1ccc2c(c1)CCC2. The van der Waals surface area contributed by atoms with Gasteiger partial charge in [0.15, 0.2) is 0 Å². The number of anilines is 1. The number of hydrogen-bond acceptors (Lipinski definition) is 2. The maximum Gasteiger partial charge on any atom is 0.127 e. The summed E-state index contributed by atoms with van der Waals surface area (Å²) in [6, 6.07) is 10.7. The van der Waals surface area contributed by atoms with Crippen LogP contribution in [0.3, 0.4) is 0 Å². The summed E-state index contributed by atoms with van der Waals surface area (Å²) in [5.41, 5.74) is 13.2. The molecule has 0 fully saturated rings. The van der Waals surface area contributed by atoms with Gasteiger partial charge in [0.2, 0.25) is 0 Å². The second-order valence-electron chi connectivity index (χ2n) is 5.67. The summed E-state index contributed by atoms with van der Waals surface area (Å²) in [5, 5.41) is 0. The molecule has 20 heavy (non-hydrogen) atoms. The fourth-order valence-electron chi connectivity index (χ4n) is 2.93. The number of fused-ring (bicyclic) bond motifs is 1. The lowest BCUT2D eigenvalue weighted by Crippen LogP contribution is -2.01. The lowest BCUT2D eigenvalue weighted by atomic mass is 10.1. The van der Waals surface area contributed by atoms with E-state index in [9.17, 15) is 0 Å². The van der Waals surface area contributed by atoms with Crippen molar-refractivity contribution in [3.05, 3.63) is 58.1 Å². The van der Waals surface area contributed by atoms with E-state index in [0.29, 0.717) is 6.61 Å². The van der Waals surface area contributed by atoms with Gasteiger partial charge in [0.05, 0.1) is 0 Å². The van der Waals surface area contributed by atoms with E-state index in [0.717, 1.165) is 22.6 Å². The lowest BCUT2D eigenvalue weighted by molar-refractivity contribution is 0.302. The summed E-state index contributed by atoms with van der Waals surface area (Å²) in [7, 11) is 0. The minimum atomic E-state index is 0.610. The van der Waals surface area contributed by atoms with Crippen LogP contribution in [-0.2, 0) is 19.4 Å². The predicted molar refractivity (Wildman–Crippen MR) is 83.1 cm³/mol. The average molecular weight is 267 g/mol. The Morgan fingerprint density at radius 2 is 1.85 bits per heavy atom. The third-order valence-electron chi connectivity index (χ3n) is 4.19. The van der Waals surface area contributed by atoms with Crippen LogP contribution in [0.15, 0.2) is 30.3 Å². The van der Waals surface area contributed by atoms with Crippen molar-refractivity contribution in [1.82, 2.24) is 0 Å². The van der Waals surface area contributed by atoms with Crippen molar-refractivity contribution in [3.8, 4) is 5.75 Å². The highest BCUT2D eigenvalue weighted by atomic mass is 16.5. The van der Waals surface area contributed by atoms with Gasteiger partial charge >= 0.3 is 0 Å². The number of nitrogens with two attached hydrogens (primary N) is 1. The van der Waals surface area contributed by atoms with E-state index in [1.54, 1.807) is 0 Å². The van der Waals surface area contributed by atoms with Gasteiger partial charge in [0.25, 0.3) is 0 Å². The van der Waals surface area contributed by atoms with E-state index >= 15 is 0 Å². The molecule has 2 nitrogen and oxygen atoms in total. The molecule has 104 valence electrons. The van der Waals surface area contributed by atoms with E-state index in [1.165, 1.54) is 36.0 Å². The minimum absolute atomic E-state index is 0.610. The second kappa shape index (κ2) is 5.20. The first-order chi connectivity index (χ1) is 9.65. The Labute approximate surface area is 120 Å². The fraction of sp³-hybridized carbons (Fsp3) is 0.333. The molecule has 0 bridgehead atoms. The van der Waals surface area contributed by atoms with Gasteiger partial charge in [0, 0.05) is 11.3 Å². The molecule has 0 atom stereocenters. The van der Waals surface area contributed by atoms with E-state index in [2.05, 4.69) is 25.1 Å². The Morgan fingerprint density at radius 1 is 1.05 bits per heavy atom. The summed E-state index contributed by atoms with van der Waals surface area (Å²) in [6.45, 7) is 4.68. The highest BCUT2D eigenvalue weighted by Crippen LogP contribution is 2.29. The molecule has 3 rings (SSSR count). The minimum Gasteiger partial charge on any atom is -0.488 e. The normalized spacial score (nSPS) is 13.3. The van der Waals surface area contributed by atoms with Gasteiger partial charge in [-0.25, -0.2) is 0 Å². The molecule has 2 N–H and O–H groups in total. The first kappa shape index (κ1) is 13.0. The molecule has 0 amide bonds. The zero-order chi connectivity index (χ0) is 14.1. The largest absolute Gasteiger partial charge is 0.488 e. The first-order valence-corrected chi connectivity index (χ1v) is 7.24. The highest BCUT2D eigenvalue weighted by Gasteiger charge is 2.12. The van der Waals surface area contributed by atoms with Crippen LogP contribution in [0.4, 0.5) is 5.69 Å². The third kappa shape index (κ3) is 2.38. The molecule has 1 aliphatic rings. The quantitative estimate of drug-likeness (QED) is 0.854. The lowest BCUT2D eigenvalue weighted by Gasteiger charge is -2.14.